The number of amides is 2. The molecule has 1 aliphatic heterocycles. The maximum Gasteiger partial charge on any atom is 0.268 e. The minimum absolute atomic E-state index is 0.0576. The van der Waals surface area contributed by atoms with E-state index in [0.29, 0.717) is 23.7 Å². The zero-order valence-electron chi connectivity index (χ0n) is 12.6. The molecule has 21 heavy (non-hydrogen) atoms. The second-order valence-electron chi connectivity index (χ2n) is 5.32. The maximum absolute atomic E-state index is 12.1. The number of carbonyl (C=O) groups excluding carboxylic acids is 2. The van der Waals surface area contributed by atoms with Gasteiger partial charge in [-0.15, -0.1) is 6.58 Å². The fourth-order valence-corrected chi connectivity index (χ4v) is 2.09. The summed E-state index contributed by atoms with van der Waals surface area (Å²) in [7, 11) is 0. The molecule has 0 saturated heterocycles. The van der Waals surface area contributed by atoms with E-state index in [0.717, 1.165) is 0 Å². The lowest BCUT2D eigenvalue weighted by Gasteiger charge is -2.32. The Morgan fingerprint density at radius 1 is 1.52 bits per heavy atom. The van der Waals surface area contributed by atoms with Gasteiger partial charge in [-0.1, -0.05) is 19.9 Å². The molecule has 0 radical (unpaired) electrons. The van der Waals surface area contributed by atoms with Gasteiger partial charge in [0, 0.05) is 24.2 Å². The van der Waals surface area contributed by atoms with Gasteiger partial charge >= 0.3 is 0 Å². The number of fused-ring (bicyclic) bond motifs is 1. The monoisotopic (exact) mass is 288 g/mol. The SMILES string of the molecule is C=CCN1C(=O)C(C)Oc2cc(NC(=O)C(C)C)ccc21. The summed E-state index contributed by atoms with van der Waals surface area (Å²) in [4.78, 5) is 25.5. The second kappa shape index (κ2) is 5.99. The third-order valence-corrected chi connectivity index (χ3v) is 3.27. The Kier molecular flexibility index (Phi) is 4.31. The molecular formula is C16H20N2O3. The van der Waals surface area contributed by atoms with Gasteiger partial charge in [0.1, 0.15) is 5.75 Å². The molecule has 5 nitrogen and oxygen atoms in total. The Morgan fingerprint density at radius 2 is 2.24 bits per heavy atom. The normalized spacial score (nSPS) is 17.2. The smallest absolute Gasteiger partial charge is 0.268 e. The second-order valence-corrected chi connectivity index (χ2v) is 5.32. The van der Waals surface area contributed by atoms with Crippen LogP contribution in [0.5, 0.6) is 5.75 Å². The number of anilines is 2. The summed E-state index contributed by atoms with van der Waals surface area (Å²) in [6.07, 6.45) is 1.13. The lowest BCUT2D eigenvalue weighted by molar-refractivity contribution is -0.125. The first-order valence-corrected chi connectivity index (χ1v) is 6.98. The maximum atomic E-state index is 12.1. The number of hydrogen-bond acceptors (Lipinski definition) is 3. The zero-order chi connectivity index (χ0) is 15.6. The third-order valence-electron chi connectivity index (χ3n) is 3.27. The topological polar surface area (TPSA) is 58.6 Å². The number of hydrogen-bond donors (Lipinski definition) is 1. The third kappa shape index (κ3) is 3.07. The molecule has 5 heteroatoms. The quantitative estimate of drug-likeness (QED) is 0.866. The summed E-state index contributed by atoms with van der Waals surface area (Å²) in [6, 6.07) is 5.29. The fraction of sp³-hybridized carbons (Fsp3) is 0.375. The Bertz CT molecular complexity index is 581. The van der Waals surface area contributed by atoms with E-state index < -0.39 is 6.10 Å². The molecule has 1 aliphatic rings. The number of carbonyl (C=O) groups is 2. The first-order chi connectivity index (χ1) is 9.93. The van der Waals surface area contributed by atoms with Crippen LogP contribution in [0.4, 0.5) is 11.4 Å². The van der Waals surface area contributed by atoms with Crippen molar-refractivity contribution in [3.8, 4) is 5.75 Å². The van der Waals surface area contributed by atoms with Crippen molar-refractivity contribution >= 4 is 23.2 Å². The van der Waals surface area contributed by atoms with Crippen LogP contribution in [0.25, 0.3) is 0 Å². The highest BCUT2D eigenvalue weighted by molar-refractivity contribution is 6.01. The van der Waals surface area contributed by atoms with Gasteiger partial charge in [-0.05, 0) is 19.1 Å². The predicted molar refractivity (Wildman–Crippen MR) is 82.5 cm³/mol. The van der Waals surface area contributed by atoms with Gasteiger partial charge in [-0.25, -0.2) is 0 Å². The largest absolute Gasteiger partial charge is 0.479 e. The van der Waals surface area contributed by atoms with Crippen LogP contribution in [0.3, 0.4) is 0 Å². The summed E-state index contributed by atoms with van der Waals surface area (Å²) >= 11 is 0. The van der Waals surface area contributed by atoms with Crippen LogP contribution in [0.1, 0.15) is 20.8 Å². The molecular weight excluding hydrogens is 268 g/mol. The number of benzene rings is 1. The number of nitrogens with one attached hydrogen (secondary N) is 1. The van der Waals surface area contributed by atoms with Gasteiger partial charge in [0.25, 0.3) is 5.91 Å². The average Bonchev–Trinajstić information content (AvgIpc) is 2.43. The molecule has 0 saturated carbocycles. The Labute approximate surface area is 124 Å². The van der Waals surface area contributed by atoms with E-state index >= 15 is 0 Å². The van der Waals surface area contributed by atoms with Crippen molar-refractivity contribution in [2.75, 3.05) is 16.8 Å². The Hall–Kier alpha value is -2.30. The van der Waals surface area contributed by atoms with E-state index in [9.17, 15) is 9.59 Å². The van der Waals surface area contributed by atoms with Crippen LogP contribution in [-0.4, -0.2) is 24.5 Å². The van der Waals surface area contributed by atoms with Gasteiger partial charge in [-0.2, -0.15) is 0 Å². The van der Waals surface area contributed by atoms with E-state index in [1.54, 1.807) is 36.1 Å². The van der Waals surface area contributed by atoms with Crippen molar-refractivity contribution in [3.05, 3.63) is 30.9 Å². The van der Waals surface area contributed by atoms with Crippen molar-refractivity contribution in [3.63, 3.8) is 0 Å². The lowest BCUT2D eigenvalue weighted by atomic mass is 10.1. The van der Waals surface area contributed by atoms with Crippen molar-refractivity contribution in [1.29, 1.82) is 0 Å². The van der Waals surface area contributed by atoms with Crippen LogP contribution in [-0.2, 0) is 9.59 Å². The standard InChI is InChI=1S/C16H20N2O3/c1-5-8-18-13-7-6-12(17-15(19)10(2)3)9-14(13)21-11(4)16(18)20/h5-7,9-11H,1,8H2,2-4H3,(H,17,19). The molecule has 1 unspecified atom stereocenters. The molecule has 0 aromatic heterocycles. The van der Waals surface area contributed by atoms with E-state index in [1.165, 1.54) is 0 Å². The summed E-state index contributed by atoms with van der Waals surface area (Å²) in [5, 5.41) is 2.82. The summed E-state index contributed by atoms with van der Waals surface area (Å²) < 4.78 is 5.63. The molecule has 0 fully saturated rings. The van der Waals surface area contributed by atoms with E-state index in [-0.39, 0.29) is 17.7 Å². The molecule has 1 heterocycles. The molecule has 0 bridgehead atoms. The van der Waals surface area contributed by atoms with E-state index in [2.05, 4.69) is 11.9 Å². The molecule has 112 valence electrons. The molecule has 1 N–H and O–H groups in total. The highest BCUT2D eigenvalue weighted by atomic mass is 16.5. The van der Waals surface area contributed by atoms with Crippen LogP contribution in [0, 0.1) is 5.92 Å². The number of rotatable bonds is 4. The minimum atomic E-state index is -0.548. The van der Waals surface area contributed by atoms with Gasteiger partial charge in [-0.3, -0.25) is 9.59 Å². The van der Waals surface area contributed by atoms with Crippen molar-refractivity contribution in [2.45, 2.75) is 26.9 Å². The fourth-order valence-electron chi connectivity index (χ4n) is 2.09. The molecule has 1 aromatic carbocycles. The summed E-state index contributed by atoms with van der Waals surface area (Å²) in [5.74, 6) is 0.337. The molecule has 0 spiro atoms. The molecule has 1 atom stereocenters. The van der Waals surface area contributed by atoms with Gasteiger partial charge in [0.2, 0.25) is 5.91 Å². The van der Waals surface area contributed by atoms with Crippen LogP contribution in [0.2, 0.25) is 0 Å². The van der Waals surface area contributed by atoms with Gasteiger partial charge in [0.15, 0.2) is 6.10 Å². The lowest BCUT2D eigenvalue weighted by Crippen LogP contribution is -2.44. The van der Waals surface area contributed by atoms with Gasteiger partial charge in [0.05, 0.1) is 5.69 Å². The first-order valence-electron chi connectivity index (χ1n) is 6.98. The average molecular weight is 288 g/mol. The zero-order valence-corrected chi connectivity index (χ0v) is 12.6. The molecule has 2 rings (SSSR count). The Balaban J connectivity index is 2.31. The van der Waals surface area contributed by atoms with Crippen molar-refractivity contribution in [1.82, 2.24) is 0 Å². The van der Waals surface area contributed by atoms with Gasteiger partial charge < -0.3 is 15.0 Å². The molecule has 0 aliphatic carbocycles. The molecule has 2 amide bonds. The highest BCUT2D eigenvalue weighted by Crippen LogP contribution is 2.36. The number of ether oxygens (including phenoxy) is 1. The van der Waals surface area contributed by atoms with Crippen molar-refractivity contribution in [2.24, 2.45) is 5.92 Å². The van der Waals surface area contributed by atoms with Crippen LogP contribution in [0.15, 0.2) is 30.9 Å². The van der Waals surface area contributed by atoms with E-state index in [4.69, 9.17) is 4.74 Å². The Morgan fingerprint density at radius 3 is 2.86 bits per heavy atom. The predicted octanol–water partition coefficient (Wildman–Crippen LogP) is 2.58. The van der Waals surface area contributed by atoms with E-state index in [1.807, 2.05) is 13.8 Å². The van der Waals surface area contributed by atoms with Crippen molar-refractivity contribution < 1.29 is 14.3 Å². The highest BCUT2D eigenvalue weighted by Gasteiger charge is 2.30. The molecule has 1 aromatic rings. The number of nitrogens with zero attached hydrogens (tertiary/aromatic N) is 1. The summed E-state index contributed by atoms with van der Waals surface area (Å²) in [6.45, 7) is 9.47. The first kappa shape index (κ1) is 15.1. The van der Waals surface area contributed by atoms with Crippen LogP contribution >= 0.6 is 0 Å². The van der Waals surface area contributed by atoms with Crippen LogP contribution < -0.4 is 15.0 Å². The minimum Gasteiger partial charge on any atom is -0.479 e. The summed E-state index contributed by atoms with van der Waals surface area (Å²) in [5.41, 5.74) is 1.35.